The van der Waals surface area contributed by atoms with Gasteiger partial charge >= 0.3 is 5.69 Å². The molecule has 0 spiro atoms. The van der Waals surface area contributed by atoms with Crippen LogP contribution in [-0.2, 0) is 6.54 Å². The fourth-order valence-electron chi connectivity index (χ4n) is 0.979. The van der Waals surface area contributed by atoms with Gasteiger partial charge < -0.3 is 5.11 Å². The van der Waals surface area contributed by atoms with Crippen molar-refractivity contribution in [2.24, 2.45) is 0 Å². The summed E-state index contributed by atoms with van der Waals surface area (Å²) in [4.78, 5) is 23.7. The summed E-state index contributed by atoms with van der Waals surface area (Å²) < 4.78 is 13.7. The minimum absolute atomic E-state index is 0.0146. The van der Waals surface area contributed by atoms with Crippen molar-refractivity contribution >= 4 is 0 Å². The average Bonchev–Trinajstić information content (AvgIpc) is 2.14. The molecule has 1 aromatic heterocycles. The lowest BCUT2D eigenvalue weighted by molar-refractivity contribution is 0.368. The highest BCUT2D eigenvalue weighted by Crippen LogP contribution is 2.07. The van der Waals surface area contributed by atoms with Crippen LogP contribution >= 0.6 is 0 Å². The lowest BCUT2D eigenvalue weighted by Gasteiger charge is -2.04. The van der Waals surface area contributed by atoms with Crippen molar-refractivity contribution in [2.45, 2.75) is 20.4 Å². The number of rotatable bonds is 2. The predicted octanol–water partition coefficient (Wildman–Crippen LogP) is 0.347. The quantitative estimate of drug-likeness (QED) is 0.697. The summed E-state index contributed by atoms with van der Waals surface area (Å²) in [6.45, 7) is 3.61. The molecule has 82 valence electrons. The lowest BCUT2D eigenvalue weighted by atomic mass is 10.3. The van der Waals surface area contributed by atoms with E-state index in [4.69, 9.17) is 0 Å². The molecule has 0 fully saturated rings. The van der Waals surface area contributed by atoms with Crippen molar-refractivity contribution < 1.29 is 9.50 Å². The van der Waals surface area contributed by atoms with Crippen molar-refractivity contribution in [3.63, 3.8) is 0 Å². The number of hydrogen-bond donors (Lipinski definition) is 2. The second-order valence-corrected chi connectivity index (χ2v) is 3.29. The third kappa shape index (κ3) is 2.34. The number of aromatic nitrogens is 2. The molecule has 0 aliphatic heterocycles. The van der Waals surface area contributed by atoms with Gasteiger partial charge in [-0.25, -0.2) is 4.79 Å². The number of hydrogen-bond acceptors (Lipinski definition) is 3. The van der Waals surface area contributed by atoms with E-state index in [9.17, 15) is 19.1 Å². The highest BCUT2D eigenvalue weighted by Gasteiger charge is 2.12. The van der Waals surface area contributed by atoms with Crippen LogP contribution in [0.4, 0.5) is 4.39 Å². The van der Waals surface area contributed by atoms with E-state index in [0.29, 0.717) is 0 Å². The van der Waals surface area contributed by atoms with Crippen molar-refractivity contribution in [1.82, 2.24) is 9.55 Å². The Balaban J connectivity index is 3.31. The highest BCUT2D eigenvalue weighted by atomic mass is 19.1. The molecule has 1 rings (SSSR count). The van der Waals surface area contributed by atoms with Gasteiger partial charge in [-0.1, -0.05) is 11.6 Å². The molecule has 0 saturated heterocycles. The zero-order chi connectivity index (χ0) is 11.6. The molecule has 15 heavy (non-hydrogen) atoms. The zero-order valence-electron chi connectivity index (χ0n) is 8.37. The first-order valence-electron chi connectivity index (χ1n) is 4.28. The molecule has 0 amide bonds. The Morgan fingerprint density at radius 1 is 1.53 bits per heavy atom. The Bertz CT molecular complexity index is 509. The van der Waals surface area contributed by atoms with Crippen LogP contribution in [0.1, 0.15) is 13.8 Å². The maximum absolute atomic E-state index is 12.9. The van der Waals surface area contributed by atoms with Gasteiger partial charge in [-0.15, -0.1) is 0 Å². The van der Waals surface area contributed by atoms with Crippen LogP contribution < -0.4 is 11.2 Å². The Kier molecular flexibility index (Phi) is 3.08. The van der Waals surface area contributed by atoms with Crippen LogP contribution in [0.15, 0.2) is 21.2 Å². The maximum atomic E-state index is 12.9. The molecule has 0 aliphatic carbocycles. The van der Waals surface area contributed by atoms with Gasteiger partial charge in [0.15, 0.2) is 0 Å². The lowest BCUT2D eigenvalue weighted by Crippen LogP contribution is -2.31. The Labute approximate surface area is 84.5 Å². The largest absolute Gasteiger partial charge is 0.492 e. The standard InChI is InChI=1S/C9H11FN2O3/c1-5(2)3-4-12-8(14)6(10)7(13)11-9(12)15/h3,14H,4H2,1-2H3,(H,11,13,15). The van der Waals surface area contributed by atoms with Crippen LogP contribution in [0, 0.1) is 5.82 Å². The van der Waals surface area contributed by atoms with Crippen molar-refractivity contribution in [2.75, 3.05) is 0 Å². The number of nitrogens with zero attached hydrogens (tertiary/aromatic N) is 1. The molecule has 0 atom stereocenters. The molecule has 2 N–H and O–H groups in total. The van der Waals surface area contributed by atoms with E-state index in [1.165, 1.54) is 0 Å². The predicted molar refractivity (Wildman–Crippen MR) is 52.4 cm³/mol. The molecule has 0 aromatic carbocycles. The molecule has 0 bridgehead atoms. The van der Waals surface area contributed by atoms with Gasteiger partial charge in [0.1, 0.15) is 0 Å². The van der Waals surface area contributed by atoms with Gasteiger partial charge in [0.2, 0.25) is 11.7 Å². The summed E-state index contributed by atoms with van der Waals surface area (Å²) in [5.74, 6) is -2.29. The van der Waals surface area contributed by atoms with Gasteiger partial charge in [-0.05, 0) is 13.8 Å². The van der Waals surface area contributed by atoms with E-state index in [-0.39, 0.29) is 6.54 Å². The Morgan fingerprint density at radius 3 is 2.67 bits per heavy atom. The van der Waals surface area contributed by atoms with Crippen LogP contribution in [0.25, 0.3) is 0 Å². The summed E-state index contributed by atoms with van der Waals surface area (Å²) >= 11 is 0. The highest BCUT2D eigenvalue weighted by molar-refractivity contribution is 5.10. The molecular formula is C9H11FN2O3. The smallest absolute Gasteiger partial charge is 0.331 e. The fourth-order valence-corrected chi connectivity index (χ4v) is 0.979. The van der Waals surface area contributed by atoms with Crippen molar-refractivity contribution in [3.8, 4) is 5.88 Å². The number of allylic oxidation sites excluding steroid dienone is 2. The van der Waals surface area contributed by atoms with Gasteiger partial charge in [-0.2, -0.15) is 4.39 Å². The third-order valence-electron chi connectivity index (χ3n) is 1.80. The second kappa shape index (κ2) is 4.12. The van der Waals surface area contributed by atoms with Crippen LogP contribution in [0.2, 0.25) is 0 Å². The van der Waals surface area contributed by atoms with E-state index < -0.39 is 22.9 Å². The fraction of sp³-hybridized carbons (Fsp3) is 0.333. The molecule has 1 heterocycles. The Hall–Kier alpha value is -1.85. The second-order valence-electron chi connectivity index (χ2n) is 3.29. The van der Waals surface area contributed by atoms with Gasteiger partial charge in [0, 0.05) is 6.54 Å². The molecule has 6 heteroatoms. The van der Waals surface area contributed by atoms with Crippen LogP contribution in [-0.4, -0.2) is 14.7 Å². The first kappa shape index (κ1) is 11.2. The third-order valence-corrected chi connectivity index (χ3v) is 1.80. The summed E-state index contributed by atoms with van der Waals surface area (Å²) in [5.41, 5.74) is -1.14. The topological polar surface area (TPSA) is 75.1 Å². The minimum Gasteiger partial charge on any atom is -0.492 e. The summed E-state index contributed by atoms with van der Waals surface area (Å²) in [7, 11) is 0. The molecular weight excluding hydrogens is 203 g/mol. The molecule has 5 nitrogen and oxygen atoms in total. The maximum Gasteiger partial charge on any atom is 0.331 e. The normalized spacial score (nSPS) is 10.1. The van der Waals surface area contributed by atoms with Crippen molar-refractivity contribution in [3.05, 3.63) is 38.3 Å². The zero-order valence-corrected chi connectivity index (χ0v) is 8.37. The molecule has 0 aliphatic rings. The minimum atomic E-state index is -1.35. The van der Waals surface area contributed by atoms with E-state index in [2.05, 4.69) is 0 Å². The number of aromatic hydroxyl groups is 1. The molecule has 0 radical (unpaired) electrons. The van der Waals surface area contributed by atoms with Crippen LogP contribution in [0.3, 0.4) is 0 Å². The van der Waals surface area contributed by atoms with Crippen LogP contribution in [0.5, 0.6) is 5.88 Å². The SMILES string of the molecule is CC(C)=CCn1c(O)c(F)c(=O)[nH]c1=O. The molecule has 0 unspecified atom stereocenters. The summed E-state index contributed by atoms with van der Waals surface area (Å²) in [6.07, 6.45) is 1.62. The summed E-state index contributed by atoms with van der Waals surface area (Å²) in [6, 6.07) is 0. The van der Waals surface area contributed by atoms with E-state index in [0.717, 1.165) is 10.1 Å². The molecule has 0 saturated carbocycles. The van der Waals surface area contributed by atoms with E-state index in [1.807, 2.05) is 0 Å². The van der Waals surface area contributed by atoms with Gasteiger partial charge in [0.05, 0.1) is 0 Å². The number of aromatic amines is 1. The van der Waals surface area contributed by atoms with Crippen molar-refractivity contribution in [1.29, 1.82) is 0 Å². The first-order valence-corrected chi connectivity index (χ1v) is 4.28. The van der Waals surface area contributed by atoms with E-state index in [1.54, 1.807) is 24.9 Å². The molecule has 1 aromatic rings. The summed E-state index contributed by atoms with van der Waals surface area (Å²) in [5, 5.41) is 9.21. The average molecular weight is 214 g/mol. The first-order chi connectivity index (χ1) is 6.93. The Morgan fingerprint density at radius 2 is 2.13 bits per heavy atom. The monoisotopic (exact) mass is 214 g/mol. The van der Waals surface area contributed by atoms with Gasteiger partial charge in [-0.3, -0.25) is 14.3 Å². The number of nitrogens with one attached hydrogen (secondary N) is 1. The number of halogens is 1. The van der Waals surface area contributed by atoms with Gasteiger partial charge in [0.25, 0.3) is 5.56 Å². The van der Waals surface area contributed by atoms with E-state index >= 15 is 0 Å². The number of H-pyrrole nitrogens is 1.